The van der Waals surface area contributed by atoms with Crippen LogP contribution in [0.1, 0.15) is 47.2 Å². The standard InChI is InChI=1S/C26H29ClF3N3O4/c27-19-6-2-4-17(12-19)25(37)9-7-20(8-10-25)33-14-21(22(34)15-33)32-23(35)13-31-24(36)16-3-1-5-18(11-16)26(28,29)30/h1-6,11-12,20-22,34,37H,7-10,13-15H2,(H,31,36)(H,32,35)/t20?,21-,22+,25?/m0/s1. The van der Waals surface area contributed by atoms with Gasteiger partial charge < -0.3 is 20.8 Å². The summed E-state index contributed by atoms with van der Waals surface area (Å²) in [5.41, 5.74) is -1.32. The number of likely N-dealkylation sites (tertiary alicyclic amines) is 1. The van der Waals surface area contributed by atoms with Crippen molar-refractivity contribution in [2.45, 2.75) is 55.6 Å². The molecule has 1 aliphatic heterocycles. The zero-order chi connectivity index (χ0) is 26.8. The van der Waals surface area contributed by atoms with Gasteiger partial charge in [-0.15, -0.1) is 0 Å². The summed E-state index contributed by atoms with van der Waals surface area (Å²) in [6.07, 6.45) is -2.87. The second-order valence-corrected chi connectivity index (χ2v) is 10.2. The molecule has 2 fully saturated rings. The number of alkyl halides is 3. The lowest BCUT2D eigenvalue weighted by Crippen LogP contribution is -2.47. The third-order valence-electron chi connectivity index (χ3n) is 7.19. The van der Waals surface area contributed by atoms with Crippen molar-refractivity contribution in [3.8, 4) is 0 Å². The Morgan fingerprint density at radius 1 is 1.08 bits per heavy atom. The lowest BCUT2D eigenvalue weighted by Gasteiger charge is -2.40. The van der Waals surface area contributed by atoms with Crippen LogP contribution >= 0.6 is 11.6 Å². The van der Waals surface area contributed by atoms with E-state index in [-0.39, 0.29) is 11.6 Å². The van der Waals surface area contributed by atoms with Crippen molar-refractivity contribution in [2.24, 2.45) is 0 Å². The Labute approximate surface area is 217 Å². The Kier molecular flexibility index (Phi) is 8.13. The van der Waals surface area contributed by atoms with Crippen LogP contribution in [0.25, 0.3) is 0 Å². The molecule has 2 aromatic rings. The van der Waals surface area contributed by atoms with Crippen LogP contribution in [0.15, 0.2) is 48.5 Å². The van der Waals surface area contributed by atoms with E-state index < -0.39 is 47.8 Å². The molecular weight excluding hydrogens is 511 g/mol. The van der Waals surface area contributed by atoms with E-state index in [4.69, 9.17) is 11.6 Å². The van der Waals surface area contributed by atoms with Gasteiger partial charge in [0.05, 0.1) is 29.9 Å². The average Bonchev–Trinajstić information content (AvgIpc) is 3.22. The van der Waals surface area contributed by atoms with Crippen molar-refractivity contribution >= 4 is 23.4 Å². The molecule has 4 N–H and O–H groups in total. The molecule has 0 spiro atoms. The van der Waals surface area contributed by atoms with Crippen LogP contribution in [0.2, 0.25) is 5.02 Å². The highest BCUT2D eigenvalue weighted by Gasteiger charge is 2.41. The summed E-state index contributed by atoms with van der Waals surface area (Å²) >= 11 is 6.08. The van der Waals surface area contributed by atoms with Crippen LogP contribution < -0.4 is 10.6 Å². The molecule has 7 nitrogen and oxygen atoms in total. The van der Waals surface area contributed by atoms with E-state index in [0.29, 0.717) is 43.8 Å². The number of β-amino-alcohol motifs (C(OH)–C–C–N with tert-alkyl or cyclic N) is 1. The van der Waals surface area contributed by atoms with Crippen LogP contribution in [-0.4, -0.2) is 64.7 Å². The number of amides is 2. The Balaban J connectivity index is 1.25. The number of hydrogen-bond acceptors (Lipinski definition) is 5. The number of rotatable bonds is 6. The van der Waals surface area contributed by atoms with Gasteiger partial charge in [-0.3, -0.25) is 14.5 Å². The number of carbonyl (C=O) groups excluding carboxylic acids is 2. The second-order valence-electron chi connectivity index (χ2n) is 9.73. The minimum atomic E-state index is -4.58. The van der Waals surface area contributed by atoms with Crippen molar-refractivity contribution < 1.29 is 33.0 Å². The van der Waals surface area contributed by atoms with Gasteiger partial charge in [0, 0.05) is 29.7 Å². The molecule has 4 rings (SSSR count). The van der Waals surface area contributed by atoms with Crippen molar-refractivity contribution in [2.75, 3.05) is 19.6 Å². The Morgan fingerprint density at radius 3 is 2.46 bits per heavy atom. The Bertz CT molecular complexity index is 1140. The minimum absolute atomic E-state index is 0.136. The van der Waals surface area contributed by atoms with Crippen molar-refractivity contribution in [1.29, 1.82) is 0 Å². The van der Waals surface area contributed by atoms with Gasteiger partial charge in [0.25, 0.3) is 5.91 Å². The highest BCUT2D eigenvalue weighted by Crippen LogP contribution is 2.40. The summed E-state index contributed by atoms with van der Waals surface area (Å²) in [5.74, 6) is -1.35. The SMILES string of the molecule is O=C(CNC(=O)c1cccc(C(F)(F)F)c1)N[C@H]1CN(C2CCC(O)(c3cccc(Cl)c3)CC2)C[C@H]1O. The van der Waals surface area contributed by atoms with Crippen LogP contribution in [-0.2, 0) is 16.6 Å². The molecule has 0 radical (unpaired) electrons. The molecule has 0 aromatic heterocycles. The van der Waals surface area contributed by atoms with E-state index >= 15 is 0 Å². The van der Waals surface area contributed by atoms with Crippen molar-refractivity contribution in [3.05, 3.63) is 70.2 Å². The van der Waals surface area contributed by atoms with Gasteiger partial charge in [0.1, 0.15) is 0 Å². The van der Waals surface area contributed by atoms with E-state index in [9.17, 15) is 33.0 Å². The zero-order valence-electron chi connectivity index (χ0n) is 20.0. The highest BCUT2D eigenvalue weighted by molar-refractivity contribution is 6.30. The number of nitrogens with one attached hydrogen (secondary N) is 2. The molecule has 1 heterocycles. The topological polar surface area (TPSA) is 102 Å². The van der Waals surface area contributed by atoms with Crippen LogP contribution in [0.4, 0.5) is 13.2 Å². The van der Waals surface area contributed by atoms with Gasteiger partial charge in [-0.2, -0.15) is 13.2 Å². The van der Waals surface area contributed by atoms with Crippen molar-refractivity contribution in [3.63, 3.8) is 0 Å². The van der Waals surface area contributed by atoms with Gasteiger partial charge in [-0.05, 0) is 61.6 Å². The first-order chi connectivity index (χ1) is 17.4. The highest BCUT2D eigenvalue weighted by atomic mass is 35.5. The summed E-state index contributed by atoms with van der Waals surface area (Å²) in [6.45, 7) is 0.338. The molecule has 0 unspecified atom stereocenters. The number of halogens is 4. The lowest BCUT2D eigenvalue weighted by molar-refractivity contribution is -0.137. The third kappa shape index (κ3) is 6.62. The number of aliphatic hydroxyl groups is 2. The van der Waals surface area contributed by atoms with E-state index in [0.717, 1.165) is 23.8 Å². The summed E-state index contributed by atoms with van der Waals surface area (Å²) in [7, 11) is 0. The number of benzene rings is 2. The summed E-state index contributed by atoms with van der Waals surface area (Å²) in [4.78, 5) is 26.7. The predicted octanol–water partition coefficient (Wildman–Crippen LogP) is 3.08. The maximum absolute atomic E-state index is 12.9. The molecular formula is C26H29ClF3N3O4. The maximum atomic E-state index is 12.9. The molecule has 1 aliphatic carbocycles. The fraction of sp³-hybridized carbons (Fsp3) is 0.462. The van der Waals surface area contributed by atoms with Gasteiger partial charge >= 0.3 is 6.18 Å². The molecule has 2 atom stereocenters. The molecule has 2 aromatic carbocycles. The van der Waals surface area contributed by atoms with Crippen LogP contribution in [0.3, 0.4) is 0 Å². The number of nitrogens with zero attached hydrogens (tertiary/aromatic N) is 1. The number of hydrogen-bond donors (Lipinski definition) is 4. The first-order valence-corrected chi connectivity index (χ1v) is 12.5. The molecule has 1 saturated heterocycles. The van der Waals surface area contributed by atoms with E-state index in [1.165, 1.54) is 6.07 Å². The van der Waals surface area contributed by atoms with E-state index in [2.05, 4.69) is 15.5 Å². The van der Waals surface area contributed by atoms with Gasteiger partial charge in [-0.25, -0.2) is 0 Å². The Morgan fingerprint density at radius 2 is 1.78 bits per heavy atom. The first-order valence-electron chi connectivity index (χ1n) is 12.1. The van der Waals surface area contributed by atoms with Crippen molar-refractivity contribution in [1.82, 2.24) is 15.5 Å². The van der Waals surface area contributed by atoms with E-state index in [1.807, 2.05) is 12.1 Å². The largest absolute Gasteiger partial charge is 0.416 e. The smallest absolute Gasteiger partial charge is 0.390 e. The maximum Gasteiger partial charge on any atom is 0.416 e. The fourth-order valence-corrected chi connectivity index (χ4v) is 5.32. The minimum Gasteiger partial charge on any atom is -0.390 e. The van der Waals surface area contributed by atoms with Crippen LogP contribution in [0, 0.1) is 0 Å². The normalized spacial score (nSPS) is 26.6. The van der Waals surface area contributed by atoms with Crippen LogP contribution in [0.5, 0.6) is 0 Å². The summed E-state index contributed by atoms with van der Waals surface area (Å²) < 4.78 is 38.6. The molecule has 2 amide bonds. The van der Waals surface area contributed by atoms with Gasteiger partial charge in [-0.1, -0.05) is 29.8 Å². The molecule has 2 aliphatic rings. The third-order valence-corrected chi connectivity index (χ3v) is 7.42. The average molecular weight is 540 g/mol. The molecule has 1 saturated carbocycles. The fourth-order valence-electron chi connectivity index (χ4n) is 5.13. The quantitative estimate of drug-likeness (QED) is 0.452. The monoisotopic (exact) mass is 539 g/mol. The molecule has 200 valence electrons. The Hall–Kier alpha value is -2.66. The van der Waals surface area contributed by atoms with Gasteiger partial charge in [0.15, 0.2) is 0 Å². The number of carbonyl (C=O) groups is 2. The number of aliphatic hydroxyl groups excluding tert-OH is 1. The lowest BCUT2D eigenvalue weighted by atomic mass is 9.77. The van der Waals surface area contributed by atoms with Gasteiger partial charge in [0.2, 0.25) is 5.91 Å². The first kappa shape index (κ1) is 27.4. The second kappa shape index (κ2) is 11.0. The molecule has 0 bridgehead atoms. The van der Waals surface area contributed by atoms with E-state index in [1.54, 1.807) is 12.1 Å². The predicted molar refractivity (Wildman–Crippen MR) is 131 cm³/mol. The summed E-state index contributed by atoms with van der Waals surface area (Å²) in [6, 6.07) is 10.8. The molecule has 37 heavy (non-hydrogen) atoms. The summed E-state index contributed by atoms with van der Waals surface area (Å²) in [5, 5.41) is 27.2. The zero-order valence-corrected chi connectivity index (χ0v) is 20.7. The molecule has 11 heteroatoms.